The van der Waals surface area contributed by atoms with E-state index in [-0.39, 0.29) is 5.75 Å². The van der Waals surface area contributed by atoms with Crippen molar-refractivity contribution in [3.63, 3.8) is 0 Å². The number of carbonyl (C=O) groups is 1. The summed E-state index contributed by atoms with van der Waals surface area (Å²) in [6.45, 7) is 1.96. The van der Waals surface area contributed by atoms with E-state index in [0.29, 0.717) is 51.5 Å². The van der Waals surface area contributed by atoms with E-state index in [2.05, 4.69) is 25.3 Å². The molecule has 2 atom stereocenters. The molecule has 2 aromatic carbocycles. The Hall–Kier alpha value is -4.89. The van der Waals surface area contributed by atoms with Crippen LogP contribution in [-0.4, -0.2) is 45.3 Å². The van der Waals surface area contributed by atoms with E-state index in [0.717, 1.165) is 22.2 Å². The lowest BCUT2D eigenvalue weighted by Gasteiger charge is -2.22. The molecule has 1 fully saturated rings. The number of nitrogens with one attached hydrogen (secondary N) is 1. The van der Waals surface area contributed by atoms with Crippen LogP contribution in [0.15, 0.2) is 48.9 Å². The van der Waals surface area contributed by atoms with Gasteiger partial charge in [-0.2, -0.15) is 5.26 Å². The van der Waals surface area contributed by atoms with Gasteiger partial charge in [0.05, 0.1) is 52.0 Å². The first-order valence-electron chi connectivity index (χ1n) is 12.8. The molecule has 1 amide bonds. The van der Waals surface area contributed by atoms with Crippen LogP contribution in [-0.2, 0) is 4.74 Å². The number of thiazole rings is 1. The third kappa shape index (κ3) is 5.44. The van der Waals surface area contributed by atoms with Crippen LogP contribution in [0.2, 0.25) is 0 Å². The maximum Gasteiger partial charge on any atom is 0.412 e. The number of aryl methyl sites for hydroxylation is 1. The van der Waals surface area contributed by atoms with Gasteiger partial charge in [-0.25, -0.2) is 24.1 Å². The predicted molar refractivity (Wildman–Crippen MR) is 151 cm³/mol. The van der Waals surface area contributed by atoms with Gasteiger partial charge in [0.25, 0.3) is 0 Å². The van der Waals surface area contributed by atoms with Gasteiger partial charge in [0, 0.05) is 23.9 Å². The van der Waals surface area contributed by atoms with Crippen molar-refractivity contribution in [1.29, 1.82) is 5.26 Å². The van der Waals surface area contributed by atoms with Gasteiger partial charge in [-0.1, -0.05) is 0 Å². The van der Waals surface area contributed by atoms with Crippen molar-refractivity contribution < 1.29 is 23.4 Å². The average molecular weight is 571 g/mol. The fourth-order valence-electron chi connectivity index (χ4n) is 4.82. The Bertz CT molecular complexity index is 1840. The minimum Gasteiger partial charge on any atom is -0.483 e. The zero-order valence-corrected chi connectivity index (χ0v) is 22.9. The van der Waals surface area contributed by atoms with Crippen molar-refractivity contribution in [2.24, 2.45) is 0 Å². The number of nitriles is 1. The van der Waals surface area contributed by atoms with Crippen LogP contribution in [0.25, 0.3) is 31.8 Å². The topological polar surface area (TPSA) is 132 Å². The number of rotatable bonds is 6. The van der Waals surface area contributed by atoms with Gasteiger partial charge in [0.1, 0.15) is 23.3 Å². The van der Waals surface area contributed by atoms with Gasteiger partial charge in [0.2, 0.25) is 5.88 Å². The summed E-state index contributed by atoms with van der Waals surface area (Å²) < 4.78 is 32.8. The lowest BCUT2D eigenvalue weighted by molar-refractivity contribution is 0.0401. The van der Waals surface area contributed by atoms with Crippen LogP contribution < -0.4 is 14.8 Å². The zero-order valence-electron chi connectivity index (χ0n) is 22.1. The quantitative estimate of drug-likeness (QED) is 0.254. The number of methoxy groups -OCH3 is 1. The monoisotopic (exact) mass is 570 g/mol. The molecule has 41 heavy (non-hydrogen) atoms. The highest BCUT2D eigenvalue weighted by molar-refractivity contribution is 7.21. The Balaban J connectivity index is 1.22. The summed E-state index contributed by atoms with van der Waals surface area (Å²) in [7, 11) is 1.54. The van der Waals surface area contributed by atoms with Crippen LogP contribution in [0.5, 0.6) is 11.6 Å². The van der Waals surface area contributed by atoms with Crippen molar-refractivity contribution in [2.75, 3.05) is 12.4 Å². The molecule has 0 unspecified atom stereocenters. The number of carbonyl (C=O) groups excluding carboxylic acids is 1. The second kappa shape index (κ2) is 10.9. The number of pyridine rings is 1. The highest BCUT2D eigenvalue weighted by Crippen LogP contribution is 2.38. The average Bonchev–Trinajstić information content (AvgIpc) is 3.58. The molecule has 3 heterocycles. The largest absolute Gasteiger partial charge is 0.483 e. The molecule has 1 aliphatic rings. The SMILES string of the molecule is COc1cnc2c(-c3nc4cc(F)c(O[C@H]5CCC[C@H]5OC(=O)Nc5cncc(C#N)c5)cc4s3)cc(C)cc2n1. The van der Waals surface area contributed by atoms with E-state index in [9.17, 15) is 4.79 Å². The zero-order chi connectivity index (χ0) is 28.5. The summed E-state index contributed by atoms with van der Waals surface area (Å²) in [6.07, 6.45) is 4.53. The first-order valence-corrected chi connectivity index (χ1v) is 13.6. The van der Waals surface area contributed by atoms with Crippen LogP contribution in [0.3, 0.4) is 0 Å². The van der Waals surface area contributed by atoms with Gasteiger partial charge in [0.15, 0.2) is 11.6 Å². The van der Waals surface area contributed by atoms with Crippen LogP contribution in [0.1, 0.15) is 30.4 Å². The number of halogens is 1. The van der Waals surface area contributed by atoms with E-state index in [1.165, 1.54) is 43.0 Å². The Morgan fingerprint density at radius 3 is 2.78 bits per heavy atom. The van der Waals surface area contributed by atoms with Gasteiger partial charge in [-0.05, 0) is 49.9 Å². The fraction of sp³-hybridized carbons (Fsp3) is 0.241. The first kappa shape index (κ1) is 26.3. The molecule has 0 bridgehead atoms. The summed E-state index contributed by atoms with van der Waals surface area (Å²) in [5.74, 6) is -0.0697. The summed E-state index contributed by atoms with van der Waals surface area (Å²) >= 11 is 1.40. The molecule has 0 saturated heterocycles. The fourth-order valence-corrected chi connectivity index (χ4v) is 5.82. The smallest absolute Gasteiger partial charge is 0.412 e. The van der Waals surface area contributed by atoms with Crippen molar-refractivity contribution in [3.8, 4) is 28.3 Å². The van der Waals surface area contributed by atoms with Gasteiger partial charge in [-0.3, -0.25) is 10.3 Å². The summed E-state index contributed by atoms with van der Waals surface area (Å²) in [5, 5.41) is 12.3. The lowest BCUT2D eigenvalue weighted by Crippen LogP contribution is -2.32. The molecule has 3 aromatic heterocycles. The first-order chi connectivity index (χ1) is 19.9. The second-order valence-corrected chi connectivity index (χ2v) is 10.6. The number of anilines is 1. The summed E-state index contributed by atoms with van der Waals surface area (Å²) in [5.41, 5.74) is 4.28. The second-order valence-electron chi connectivity index (χ2n) is 9.59. The minimum atomic E-state index is -0.698. The van der Waals surface area contributed by atoms with Crippen LogP contribution >= 0.6 is 11.3 Å². The highest BCUT2D eigenvalue weighted by atomic mass is 32.1. The number of benzene rings is 2. The molecular formula is C29H23FN6O4S. The van der Waals surface area contributed by atoms with E-state index in [4.69, 9.17) is 19.5 Å². The Labute approximate surface area is 237 Å². The number of ether oxygens (including phenoxy) is 3. The molecular weight excluding hydrogens is 547 g/mol. The number of aromatic nitrogens is 4. The van der Waals surface area contributed by atoms with Crippen molar-refractivity contribution in [1.82, 2.24) is 19.9 Å². The number of hydrogen-bond donors (Lipinski definition) is 1. The lowest BCUT2D eigenvalue weighted by atomic mass is 10.1. The molecule has 1 saturated carbocycles. The molecule has 6 rings (SSSR count). The van der Waals surface area contributed by atoms with E-state index in [1.807, 2.05) is 25.1 Å². The van der Waals surface area contributed by atoms with Crippen LogP contribution in [0, 0.1) is 24.1 Å². The molecule has 206 valence electrons. The van der Waals surface area contributed by atoms with Gasteiger partial charge >= 0.3 is 6.09 Å². The van der Waals surface area contributed by atoms with E-state index in [1.54, 1.807) is 12.3 Å². The molecule has 0 aliphatic heterocycles. The van der Waals surface area contributed by atoms with Crippen molar-refractivity contribution >= 4 is 44.4 Å². The third-order valence-electron chi connectivity index (χ3n) is 6.69. The highest BCUT2D eigenvalue weighted by Gasteiger charge is 2.33. The Morgan fingerprint density at radius 1 is 1.10 bits per heavy atom. The normalized spacial score (nSPS) is 16.4. The molecule has 0 spiro atoms. The van der Waals surface area contributed by atoms with Crippen molar-refractivity contribution in [3.05, 3.63) is 65.9 Å². The van der Waals surface area contributed by atoms with Gasteiger partial charge < -0.3 is 14.2 Å². The molecule has 12 heteroatoms. The number of amides is 1. The third-order valence-corrected chi connectivity index (χ3v) is 7.74. The standard InChI is InChI=1S/C29H23FN6O4S/c1-15-6-18(27-21(7-15)35-26(38-2)14-33-27)28-36-20-9-19(30)24(10-25(20)41-28)39-22-4-3-5-23(22)40-29(37)34-17-8-16(11-31)12-32-13-17/h6-10,12-14,22-23H,3-5H2,1-2H3,(H,34,37)/t22-,23+/m0/s1. The van der Waals surface area contributed by atoms with E-state index < -0.39 is 24.1 Å². The molecule has 5 aromatic rings. The Kier molecular flexibility index (Phi) is 7.03. The number of hydrogen-bond acceptors (Lipinski definition) is 10. The van der Waals surface area contributed by atoms with Crippen molar-refractivity contribution in [2.45, 2.75) is 38.4 Å². The number of nitrogens with zero attached hydrogens (tertiary/aromatic N) is 5. The minimum absolute atomic E-state index is 0.0677. The van der Waals surface area contributed by atoms with E-state index >= 15 is 4.39 Å². The maximum atomic E-state index is 15.2. The molecule has 1 N–H and O–H groups in total. The summed E-state index contributed by atoms with van der Waals surface area (Å²) in [4.78, 5) is 30.1. The molecule has 1 aliphatic carbocycles. The molecule has 10 nitrogen and oxygen atoms in total. The summed E-state index contributed by atoms with van der Waals surface area (Å²) in [6, 6.07) is 10.3. The van der Waals surface area contributed by atoms with Crippen LogP contribution in [0.4, 0.5) is 14.9 Å². The van der Waals surface area contributed by atoms with Gasteiger partial charge in [-0.15, -0.1) is 11.3 Å². The Morgan fingerprint density at radius 2 is 1.95 bits per heavy atom. The predicted octanol–water partition coefficient (Wildman–Crippen LogP) is 6.18. The maximum absolute atomic E-state index is 15.2. The molecule has 0 radical (unpaired) electrons. The number of fused-ring (bicyclic) bond motifs is 2.